The summed E-state index contributed by atoms with van der Waals surface area (Å²) in [6.45, 7) is 2.36. The van der Waals surface area contributed by atoms with Crippen molar-refractivity contribution >= 4 is 5.91 Å². The van der Waals surface area contributed by atoms with Gasteiger partial charge in [-0.1, -0.05) is 11.8 Å². The first-order chi connectivity index (χ1) is 10.2. The first-order valence-corrected chi connectivity index (χ1v) is 7.29. The van der Waals surface area contributed by atoms with Crippen LogP contribution in [0.1, 0.15) is 40.7 Å². The molecule has 0 aromatic heterocycles. The zero-order valence-electron chi connectivity index (χ0n) is 12.3. The number of hydrogen-bond acceptors (Lipinski definition) is 3. The summed E-state index contributed by atoms with van der Waals surface area (Å²) in [7, 11) is 0. The number of aryl methyl sites for hydroxylation is 1. The van der Waals surface area contributed by atoms with Crippen LogP contribution in [0.2, 0.25) is 0 Å². The summed E-state index contributed by atoms with van der Waals surface area (Å²) in [5.41, 5.74) is 2.46. The van der Waals surface area contributed by atoms with Gasteiger partial charge in [0.1, 0.15) is 0 Å². The Bertz CT molecular complexity index is 567. The smallest absolute Gasteiger partial charge is 0.254 e. The molecular weight excluding hydrogens is 266 g/mol. The first-order valence-electron chi connectivity index (χ1n) is 7.29. The van der Waals surface area contributed by atoms with E-state index in [2.05, 4.69) is 11.8 Å². The Morgan fingerprint density at radius 1 is 1.33 bits per heavy atom. The Kier molecular flexibility index (Phi) is 5.38. The number of carbonyl (C=O) groups is 1. The van der Waals surface area contributed by atoms with E-state index in [0.29, 0.717) is 18.5 Å². The molecule has 2 rings (SSSR count). The van der Waals surface area contributed by atoms with Gasteiger partial charge in [-0.3, -0.25) is 4.79 Å². The molecule has 0 saturated heterocycles. The molecule has 1 saturated carbocycles. The third-order valence-electron chi connectivity index (χ3n) is 3.52. The Labute approximate surface area is 125 Å². The van der Waals surface area contributed by atoms with Crippen molar-refractivity contribution in [3.8, 4) is 11.8 Å². The Balaban J connectivity index is 2.15. The highest BCUT2D eigenvalue weighted by atomic mass is 16.3. The van der Waals surface area contributed by atoms with Crippen LogP contribution in [0.5, 0.6) is 0 Å². The van der Waals surface area contributed by atoms with Gasteiger partial charge in [-0.15, -0.1) is 0 Å². The van der Waals surface area contributed by atoms with Crippen LogP contribution in [0.4, 0.5) is 0 Å². The molecule has 0 heterocycles. The lowest BCUT2D eigenvalue weighted by atomic mass is 10.0. The van der Waals surface area contributed by atoms with Crippen LogP contribution in [0.3, 0.4) is 0 Å². The van der Waals surface area contributed by atoms with Crippen molar-refractivity contribution in [3.05, 3.63) is 34.9 Å². The molecule has 21 heavy (non-hydrogen) atoms. The molecule has 0 bridgehead atoms. The largest absolute Gasteiger partial charge is 0.395 e. The van der Waals surface area contributed by atoms with Crippen LogP contribution in [0, 0.1) is 18.8 Å². The minimum absolute atomic E-state index is 0.00800. The van der Waals surface area contributed by atoms with E-state index in [1.807, 2.05) is 19.1 Å². The van der Waals surface area contributed by atoms with Crippen molar-refractivity contribution in [1.82, 2.24) is 4.90 Å². The number of nitrogens with zero attached hydrogens (tertiary/aromatic N) is 1. The molecule has 0 atom stereocenters. The molecular formula is C17H21NO3. The number of amides is 1. The summed E-state index contributed by atoms with van der Waals surface area (Å²) >= 11 is 0. The predicted octanol–water partition coefficient (Wildman–Crippen LogP) is 1.33. The van der Waals surface area contributed by atoms with Gasteiger partial charge in [0, 0.05) is 30.1 Å². The van der Waals surface area contributed by atoms with Crippen LogP contribution in [-0.2, 0) is 0 Å². The van der Waals surface area contributed by atoms with Crippen molar-refractivity contribution in [2.75, 3.05) is 19.8 Å². The molecule has 4 heteroatoms. The molecule has 112 valence electrons. The first kappa shape index (κ1) is 15.6. The molecule has 0 unspecified atom stereocenters. The molecule has 2 N–H and O–H groups in total. The molecule has 0 aliphatic heterocycles. The fourth-order valence-corrected chi connectivity index (χ4v) is 2.26. The van der Waals surface area contributed by atoms with Crippen molar-refractivity contribution < 1.29 is 15.0 Å². The summed E-state index contributed by atoms with van der Waals surface area (Å²) < 4.78 is 0. The maximum absolute atomic E-state index is 12.5. The maximum Gasteiger partial charge on any atom is 0.254 e. The standard InChI is InChI=1S/C17H21NO3/c1-13-12-15(6-5-14(13)4-2-3-10-19)17(21)18(9-11-20)16-7-8-16/h5-6,12,16,19-20H,3,7-11H2,1H3. The van der Waals surface area contributed by atoms with Gasteiger partial charge in [-0.25, -0.2) is 0 Å². The third-order valence-corrected chi connectivity index (χ3v) is 3.52. The SMILES string of the molecule is Cc1cc(C(=O)N(CCO)C2CC2)ccc1C#CCCO. The van der Waals surface area contributed by atoms with Gasteiger partial charge in [0.05, 0.1) is 13.2 Å². The van der Waals surface area contributed by atoms with E-state index in [1.54, 1.807) is 11.0 Å². The summed E-state index contributed by atoms with van der Waals surface area (Å²) in [6.07, 6.45) is 2.50. The Morgan fingerprint density at radius 2 is 2.10 bits per heavy atom. The van der Waals surface area contributed by atoms with Crippen molar-refractivity contribution in [3.63, 3.8) is 0 Å². The van der Waals surface area contributed by atoms with E-state index in [0.717, 1.165) is 24.0 Å². The van der Waals surface area contributed by atoms with Gasteiger partial charge < -0.3 is 15.1 Å². The summed E-state index contributed by atoms with van der Waals surface area (Å²) in [4.78, 5) is 14.2. The van der Waals surface area contributed by atoms with Gasteiger partial charge in [0.25, 0.3) is 5.91 Å². The number of aliphatic hydroxyl groups excluding tert-OH is 2. The van der Waals surface area contributed by atoms with Crippen LogP contribution in [0.25, 0.3) is 0 Å². The maximum atomic E-state index is 12.5. The molecule has 1 aromatic carbocycles. The van der Waals surface area contributed by atoms with E-state index in [-0.39, 0.29) is 25.2 Å². The van der Waals surface area contributed by atoms with E-state index in [9.17, 15) is 4.79 Å². The average Bonchev–Trinajstić information content (AvgIpc) is 3.30. The zero-order chi connectivity index (χ0) is 15.2. The van der Waals surface area contributed by atoms with Crippen LogP contribution >= 0.6 is 0 Å². The molecule has 0 radical (unpaired) electrons. The summed E-state index contributed by atoms with van der Waals surface area (Å²) in [5.74, 6) is 5.85. The number of carbonyl (C=O) groups excluding carboxylic acids is 1. The fourth-order valence-electron chi connectivity index (χ4n) is 2.26. The number of rotatable bonds is 5. The molecule has 1 amide bonds. The van der Waals surface area contributed by atoms with Gasteiger partial charge >= 0.3 is 0 Å². The fraction of sp³-hybridized carbons (Fsp3) is 0.471. The van der Waals surface area contributed by atoms with Crippen molar-refractivity contribution in [1.29, 1.82) is 0 Å². The third kappa shape index (κ3) is 4.07. The molecule has 0 spiro atoms. The second-order valence-electron chi connectivity index (χ2n) is 5.26. The topological polar surface area (TPSA) is 60.8 Å². The molecule has 1 aliphatic carbocycles. The van der Waals surface area contributed by atoms with Crippen molar-refractivity contribution in [2.24, 2.45) is 0 Å². The number of hydrogen-bond donors (Lipinski definition) is 2. The minimum atomic E-state index is -0.0236. The van der Waals surface area contributed by atoms with Gasteiger partial charge in [-0.2, -0.15) is 0 Å². The van der Waals surface area contributed by atoms with E-state index in [1.165, 1.54) is 0 Å². The predicted molar refractivity (Wildman–Crippen MR) is 80.9 cm³/mol. The van der Waals surface area contributed by atoms with Crippen LogP contribution < -0.4 is 0 Å². The van der Waals surface area contributed by atoms with Crippen LogP contribution in [-0.4, -0.2) is 46.8 Å². The van der Waals surface area contributed by atoms with Gasteiger partial charge in [0.2, 0.25) is 0 Å². The zero-order valence-corrected chi connectivity index (χ0v) is 12.3. The molecule has 1 aromatic rings. The lowest BCUT2D eigenvalue weighted by Crippen LogP contribution is -2.35. The highest BCUT2D eigenvalue weighted by Crippen LogP contribution is 2.28. The highest BCUT2D eigenvalue weighted by molar-refractivity contribution is 5.95. The second kappa shape index (κ2) is 7.26. The summed E-state index contributed by atoms with van der Waals surface area (Å²) in [5, 5.41) is 17.8. The molecule has 4 nitrogen and oxygen atoms in total. The number of benzene rings is 1. The van der Waals surface area contributed by atoms with Crippen molar-refractivity contribution in [2.45, 2.75) is 32.2 Å². The van der Waals surface area contributed by atoms with E-state index >= 15 is 0 Å². The Hall–Kier alpha value is -1.83. The minimum Gasteiger partial charge on any atom is -0.395 e. The van der Waals surface area contributed by atoms with E-state index in [4.69, 9.17) is 10.2 Å². The monoisotopic (exact) mass is 287 g/mol. The highest BCUT2D eigenvalue weighted by Gasteiger charge is 2.32. The lowest BCUT2D eigenvalue weighted by Gasteiger charge is -2.21. The lowest BCUT2D eigenvalue weighted by molar-refractivity contribution is 0.0707. The Morgan fingerprint density at radius 3 is 2.67 bits per heavy atom. The van der Waals surface area contributed by atoms with Gasteiger partial charge in [-0.05, 0) is 43.5 Å². The molecule has 1 aliphatic rings. The average molecular weight is 287 g/mol. The summed E-state index contributed by atoms with van der Waals surface area (Å²) in [6, 6.07) is 5.76. The normalized spacial score (nSPS) is 13.5. The quantitative estimate of drug-likeness (QED) is 0.803. The number of aliphatic hydroxyl groups is 2. The molecule has 1 fully saturated rings. The second-order valence-corrected chi connectivity index (χ2v) is 5.26. The van der Waals surface area contributed by atoms with E-state index < -0.39 is 0 Å². The van der Waals surface area contributed by atoms with Gasteiger partial charge in [0.15, 0.2) is 0 Å². The van der Waals surface area contributed by atoms with Crippen LogP contribution in [0.15, 0.2) is 18.2 Å².